The maximum Gasteiger partial charge on any atom is 0.417 e. The molecule has 1 saturated carbocycles. The van der Waals surface area contributed by atoms with Crippen LogP contribution in [-0.2, 0) is 35.6 Å². The number of aliphatic carboxylic acids is 1. The van der Waals surface area contributed by atoms with Gasteiger partial charge in [-0.15, -0.1) is 0 Å². The van der Waals surface area contributed by atoms with Crippen molar-refractivity contribution in [2.45, 2.75) is 56.0 Å². The number of aromatic hydroxyl groups is 1. The molecule has 11 nitrogen and oxygen atoms in total. The van der Waals surface area contributed by atoms with Crippen LogP contribution in [0, 0.1) is 23.7 Å². The minimum absolute atomic E-state index is 0.0397. The number of likely N-dealkylation sites (tertiary alicyclic amines) is 1. The van der Waals surface area contributed by atoms with Gasteiger partial charge in [-0.3, -0.25) is 34.3 Å². The van der Waals surface area contributed by atoms with Gasteiger partial charge in [-0.25, -0.2) is 4.98 Å². The van der Waals surface area contributed by atoms with Crippen molar-refractivity contribution in [3.05, 3.63) is 111 Å². The second-order valence-corrected chi connectivity index (χ2v) is 16.0. The molecule has 0 bridgehead atoms. The Morgan fingerprint density at radius 1 is 0.931 bits per heavy atom. The number of nitrogens with one attached hydrogen (secondary N) is 1. The lowest BCUT2D eigenvalue weighted by Crippen LogP contribution is -2.53. The second-order valence-electron chi connectivity index (χ2n) is 15.2. The smallest absolute Gasteiger partial charge is 0.417 e. The highest BCUT2D eigenvalue weighted by molar-refractivity contribution is 6.33. The number of hydrogen-bond donors (Lipinski definition) is 3. The van der Waals surface area contributed by atoms with Crippen molar-refractivity contribution < 1.29 is 47.4 Å². The van der Waals surface area contributed by atoms with Gasteiger partial charge >= 0.3 is 12.1 Å². The van der Waals surface area contributed by atoms with Crippen LogP contribution in [0.5, 0.6) is 5.75 Å². The summed E-state index contributed by atoms with van der Waals surface area (Å²) in [6, 6.07) is 17.5. The molecule has 4 aromatic rings. The van der Waals surface area contributed by atoms with Crippen LogP contribution in [0.25, 0.3) is 10.8 Å². The molecule has 3 fully saturated rings. The number of imide groups is 2. The molecule has 0 radical (unpaired) electrons. The molecule has 2 aliphatic carbocycles. The van der Waals surface area contributed by atoms with Crippen LogP contribution in [0.2, 0.25) is 10.0 Å². The monoisotopic (exact) mass is 834 g/mol. The normalized spacial score (nSPS) is 25.5. The number of nitrogens with zero attached hydrogens (tertiary/aromatic N) is 3. The lowest BCUT2D eigenvalue weighted by Gasteiger charge is -2.50. The number of carboxylic acid groups (broad SMARTS) is 1. The second kappa shape index (κ2) is 14.7. The first-order chi connectivity index (χ1) is 27.6. The molecule has 2 aliphatic heterocycles. The van der Waals surface area contributed by atoms with E-state index in [9.17, 15) is 37.5 Å². The van der Waals surface area contributed by atoms with E-state index in [1.807, 2.05) is 6.08 Å². The van der Waals surface area contributed by atoms with E-state index in [1.54, 1.807) is 60.7 Å². The largest absolute Gasteiger partial charge is 0.507 e. The molecule has 6 atom stereocenters. The zero-order chi connectivity index (χ0) is 41.3. The number of rotatable bonds is 10. The number of aromatic nitrogens is 1. The van der Waals surface area contributed by atoms with Crippen LogP contribution in [0.3, 0.4) is 0 Å². The topological polar surface area (TPSA) is 157 Å². The molecule has 58 heavy (non-hydrogen) atoms. The van der Waals surface area contributed by atoms with Crippen LogP contribution in [-0.4, -0.2) is 61.2 Å². The number of amides is 4. The lowest BCUT2D eigenvalue weighted by atomic mass is 9.49. The van der Waals surface area contributed by atoms with Gasteiger partial charge in [0.1, 0.15) is 5.75 Å². The maximum absolute atomic E-state index is 15.4. The Hall–Kier alpha value is -5.47. The minimum atomic E-state index is -4.77. The van der Waals surface area contributed by atoms with Gasteiger partial charge < -0.3 is 10.2 Å². The van der Waals surface area contributed by atoms with Gasteiger partial charge in [0.05, 0.1) is 33.8 Å². The van der Waals surface area contributed by atoms with Crippen LogP contribution in [0.15, 0.2) is 84.6 Å². The van der Waals surface area contributed by atoms with Crippen molar-refractivity contribution in [2.75, 3.05) is 12.0 Å². The molecule has 3 aromatic carbocycles. The number of phenolic OH excluding ortho intramolecular Hbond substituents is 1. The quantitative estimate of drug-likeness (QED) is 0.0821. The van der Waals surface area contributed by atoms with Gasteiger partial charge in [0, 0.05) is 41.1 Å². The average Bonchev–Trinajstić information content (AvgIpc) is 3.56. The fourth-order valence-corrected chi connectivity index (χ4v) is 9.98. The van der Waals surface area contributed by atoms with Crippen molar-refractivity contribution >= 4 is 69.4 Å². The fraction of sp³-hybridized carbons (Fsp3) is 0.333. The summed E-state index contributed by atoms with van der Waals surface area (Å²) in [7, 11) is 0. The van der Waals surface area contributed by atoms with Gasteiger partial charge in [-0.2, -0.15) is 18.2 Å². The summed E-state index contributed by atoms with van der Waals surface area (Å²) in [5.41, 5.74) is 0.862. The first-order valence-electron chi connectivity index (χ1n) is 18.8. The Kier molecular flexibility index (Phi) is 9.99. The predicted octanol–water partition coefficient (Wildman–Crippen LogP) is 7.90. The third kappa shape index (κ3) is 6.28. The summed E-state index contributed by atoms with van der Waals surface area (Å²) in [5, 5.41) is 22.9. The number of carbonyl (C=O) groups excluding carboxylic acids is 4. The Bertz CT molecular complexity index is 2430. The number of unbranched alkanes of at least 4 members (excludes halogenated alkanes) is 2. The number of anilines is 1. The highest BCUT2D eigenvalue weighted by atomic mass is 35.5. The highest BCUT2D eigenvalue weighted by Crippen LogP contribution is 2.65. The number of hydrogen-bond acceptors (Lipinski definition) is 8. The summed E-state index contributed by atoms with van der Waals surface area (Å²) in [6.45, 7) is 0.0926. The molecule has 4 aliphatic rings. The third-order valence-electron chi connectivity index (χ3n) is 12.2. The number of phenols is 1. The zero-order valence-corrected chi connectivity index (χ0v) is 32.0. The van der Waals surface area contributed by atoms with Crippen molar-refractivity contribution in [3.63, 3.8) is 0 Å². The van der Waals surface area contributed by atoms with Crippen molar-refractivity contribution in [1.29, 1.82) is 0 Å². The highest BCUT2D eigenvalue weighted by Gasteiger charge is 2.70. The van der Waals surface area contributed by atoms with Gasteiger partial charge in [0.15, 0.2) is 5.82 Å². The molecule has 2 saturated heterocycles. The fourth-order valence-electron chi connectivity index (χ4n) is 9.64. The number of halogens is 5. The Balaban J connectivity index is 1.28. The molecule has 0 unspecified atom stereocenters. The van der Waals surface area contributed by atoms with E-state index in [0.717, 1.165) is 0 Å². The summed E-state index contributed by atoms with van der Waals surface area (Å²) in [5.74, 6) is -8.64. The Labute approximate surface area is 339 Å². The molecule has 300 valence electrons. The lowest BCUT2D eigenvalue weighted by molar-refractivity contribution is -0.141. The number of benzene rings is 3. The Morgan fingerprint density at radius 3 is 2.38 bits per heavy atom. The summed E-state index contributed by atoms with van der Waals surface area (Å²) in [4.78, 5) is 74.6. The molecule has 0 spiro atoms. The van der Waals surface area contributed by atoms with Gasteiger partial charge in [0.2, 0.25) is 11.8 Å². The molecule has 16 heteroatoms. The van der Waals surface area contributed by atoms with Crippen molar-refractivity contribution in [2.24, 2.45) is 23.7 Å². The summed E-state index contributed by atoms with van der Waals surface area (Å²) >= 11 is 12.6. The number of carboxylic acids is 1. The maximum atomic E-state index is 15.4. The summed E-state index contributed by atoms with van der Waals surface area (Å²) in [6.07, 6.45) is -1.13. The van der Waals surface area contributed by atoms with E-state index < -0.39 is 81.3 Å². The number of hydrazine groups is 1. The number of alkyl halides is 3. The zero-order valence-electron chi connectivity index (χ0n) is 30.5. The van der Waals surface area contributed by atoms with Gasteiger partial charge in [-0.1, -0.05) is 89.8 Å². The van der Waals surface area contributed by atoms with Crippen LogP contribution >= 0.6 is 23.2 Å². The number of pyridine rings is 1. The SMILES string of the molecule is O=C(O)CCCCCN1C(=O)[C@H]2[C@H](CC=C3[C@H]2C[C@H]2C(=O)N(Nc4ncc(C(F)(F)F)cc4Cl)C(=O)[C@@]2(c2ccc(Cl)cc2)[C@H]3c2ccc3ccccc3c2O)C1=O. The molecular formula is C42H35Cl2F3N4O7. The minimum Gasteiger partial charge on any atom is -0.507 e. The van der Waals surface area contributed by atoms with E-state index in [0.29, 0.717) is 63.5 Å². The van der Waals surface area contributed by atoms with Gasteiger partial charge in [0.25, 0.3) is 11.8 Å². The molecule has 3 heterocycles. The predicted molar refractivity (Wildman–Crippen MR) is 205 cm³/mol. The van der Waals surface area contributed by atoms with E-state index in [2.05, 4.69) is 10.4 Å². The van der Waals surface area contributed by atoms with E-state index in [4.69, 9.17) is 28.3 Å². The van der Waals surface area contributed by atoms with Crippen LogP contribution < -0.4 is 5.43 Å². The molecule has 8 rings (SSSR count). The summed E-state index contributed by atoms with van der Waals surface area (Å²) < 4.78 is 40.6. The number of allylic oxidation sites excluding steroid dienone is 2. The number of carbonyl (C=O) groups is 5. The molecule has 4 amide bonds. The third-order valence-corrected chi connectivity index (χ3v) is 12.7. The van der Waals surface area contributed by atoms with Crippen molar-refractivity contribution in [1.82, 2.24) is 14.9 Å². The first-order valence-corrected chi connectivity index (χ1v) is 19.5. The molecule has 3 N–H and O–H groups in total. The number of fused-ring (bicyclic) bond motifs is 5. The molecular weight excluding hydrogens is 800 g/mol. The standard InChI is InChI=1S/C42H35Cl2F3N4O7/c43-24-12-10-22(11-13-24)41-30(38(56)51(40(41)58)49-36-31(44)18-23(20-48-36)42(45,46)47)19-29-26(34(41)28-14-9-21-6-3-4-7-25(21)35(28)54)15-16-27-33(29)39(57)50(37(27)55)17-5-1-2-8-32(52)53/h3-4,6-7,9-15,18,20,27,29-30,33-34,54H,1-2,5,8,16-17,19H2,(H,48,49)(H,52,53)/t27-,29+,30-,33-,34+,41+/m0/s1. The van der Waals surface area contributed by atoms with E-state index in [1.165, 1.54) is 4.90 Å². The van der Waals surface area contributed by atoms with Crippen LogP contribution in [0.1, 0.15) is 61.1 Å². The Morgan fingerprint density at radius 2 is 1.67 bits per heavy atom. The average molecular weight is 836 g/mol. The van der Waals surface area contributed by atoms with Crippen molar-refractivity contribution in [3.8, 4) is 5.75 Å². The first kappa shape index (κ1) is 39.4. The van der Waals surface area contributed by atoms with Crippen LogP contribution in [0.4, 0.5) is 19.0 Å². The van der Waals surface area contributed by atoms with E-state index in [-0.39, 0.29) is 43.0 Å². The van der Waals surface area contributed by atoms with E-state index >= 15 is 4.79 Å². The molecule has 1 aromatic heterocycles. The van der Waals surface area contributed by atoms with Gasteiger partial charge in [-0.05, 0) is 60.7 Å².